The van der Waals surface area contributed by atoms with Crippen molar-refractivity contribution < 1.29 is 0 Å². The summed E-state index contributed by atoms with van der Waals surface area (Å²) in [6, 6.07) is 0.561. The fourth-order valence-electron chi connectivity index (χ4n) is 1.98. The van der Waals surface area contributed by atoms with Gasteiger partial charge in [0.25, 0.3) is 0 Å². The van der Waals surface area contributed by atoms with E-state index in [0.29, 0.717) is 6.04 Å². The first kappa shape index (κ1) is 10.9. The van der Waals surface area contributed by atoms with Crippen LogP contribution in [0.15, 0.2) is 6.20 Å². The fraction of sp³-hybridized carbons (Fsp3) is 0.700. The molecule has 84 valence electrons. The van der Waals surface area contributed by atoms with E-state index >= 15 is 0 Å². The van der Waals surface area contributed by atoms with Crippen molar-refractivity contribution in [1.29, 1.82) is 0 Å². The number of hydrogen-bond acceptors (Lipinski definition) is 3. The van der Waals surface area contributed by atoms with Crippen molar-refractivity contribution in [3.63, 3.8) is 0 Å². The first-order valence-electron chi connectivity index (χ1n) is 5.29. The van der Waals surface area contributed by atoms with Gasteiger partial charge in [-0.3, -0.25) is 9.58 Å². The maximum atomic E-state index is 6.08. The first-order chi connectivity index (χ1) is 7.16. The Morgan fingerprint density at radius 2 is 2.47 bits per heavy atom. The van der Waals surface area contributed by atoms with Gasteiger partial charge in [0, 0.05) is 39.3 Å². The summed E-state index contributed by atoms with van der Waals surface area (Å²) < 4.78 is 1.86. The Balaban J connectivity index is 2.02. The van der Waals surface area contributed by atoms with Gasteiger partial charge in [-0.05, 0) is 6.92 Å². The van der Waals surface area contributed by atoms with E-state index in [0.717, 1.165) is 36.9 Å². The molecule has 1 atom stereocenters. The molecule has 1 saturated heterocycles. The van der Waals surface area contributed by atoms with Gasteiger partial charge in [0.2, 0.25) is 0 Å². The maximum Gasteiger partial charge on any atom is 0.0831 e. The predicted molar refractivity (Wildman–Crippen MR) is 61.0 cm³/mol. The van der Waals surface area contributed by atoms with Gasteiger partial charge in [0.05, 0.1) is 16.9 Å². The normalized spacial score (nSPS) is 23.3. The van der Waals surface area contributed by atoms with Crippen LogP contribution in [0.25, 0.3) is 0 Å². The van der Waals surface area contributed by atoms with Gasteiger partial charge in [-0.15, -0.1) is 0 Å². The number of rotatable bonds is 2. The van der Waals surface area contributed by atoms with Gasteiger partial charge >= 0.3 is 0 Å². The van der Waals surface area contributed by atoms with Crippen molar-refractivity contribution in [2.24, 2.45) is 7.05 Å². The van der Waals surface area contributed by atoms with Gasteiger partial charge in [-0.25, -0.2) is 0 Å². The van der Waals surface area contributed by atoms with Gasteiger partial charge in [0.15, 0.2) is 0 Å². The van der Waals surface area contributed by atoms with E-state index in [1.54, 1.807) is 6.20 Å². The van der Waals surface area contributed by atoms with Crippen LogP contribution in [-0.2, 0) is 13.6 Å². The van der Waals surface area contributed by atoms with Gasteiger partial charge in [-0.2, -0.15) is 5.10 Å². The van der Waals surface area contributed by atoms with Crippen LogP contribution in [0.5, 0.6) is 0 Å². The molecule has 4 nitrogen and oxygen atoms in total. The number of piperazine rings is 1. The highest BCUT2D eigenvalue weighted by atomic mass is 35.5. The van der Waals surface area contributed by atoms with Gasteiger partial charge < -0.3 is 5.32 Å². The summed E-state index contributed by atoms with van der Waals surface area (Å²) in [5.41, 5.74) is 1.10. The molecule has 0 saturated carbocycles. The zero-order valence-corrected chi connectivity index (χ0v) is 9.96. The van der Waals surface area contributed by atoms with Crippen LogP contribution in [0, 0.1) is 0 Å². The van der Waals surface area contributed by atoms with Crippen LogP contribution in [-0.4, -0.2) is 40.4 Å². The molecule has 0 spiro atoms. The molecule has 0 bridgehead atoms. The summed E-state index contributed by atoms with van der Waals surface area (Å²) in [6.45, 7) is 6.29. The smallest absolute Gasteiger partial charge is 0.0831 e. The molecule has 0 radical (unpaired) electrons. The van der Waals surface area contributed by atoms with E-state index < -0.39 is 0 Å². The molecule has 1 aliphatic heterocycles. The van der Waals surface area contributed by atoms with Crippen LogP contribution in [0.3, 0.4) is 0 Å². The van der Waals surface area contributed by atoms with E-state index in [2.05, 4.69) is 22.2 Å². The molecule has 2 heterocycles. The van der Waals surface area contributed by atoms with Crippen molar-refractivity contribution in [2.75, 3.05) is 19.6 Å². The highest BCUT2D eigenvalue weighted by molar-refractivity contribution is 6.31. The van der Waals surface area contributed by atoms with E-state index in [1.165, 1.54) is 0 Å². The Bertz CT molecular complexity index is 317. The highest BCUT2D eigenvalue weighted by Gasteiger charge is 2.18. The summed E-state index contributed by atoms with van der Waals surface area (Å²) in [4.78, 5) is 2.41. The minimum atomic E-state index is 0.561. The molecule has 15 heavy (non-hydrogen) atoms. The van der Waals surface area contributed by atoms with Crippen molar-refractivity contribution >= 4 is 11.6 Å². The molecule has 1 N–H and O–H groups in total. The quantitative estimate of drug-likeness (QED) is 0.816. The van der Waals surface area contributed by atoms with Crippen molar-refractivity contribution in [1.82, 2.24) is 20.0 Å². The molecule has 1 aromatic heterocycles. The number of aromatic nitrogens is 2. The van der Waals surface area contributed by atoms with Crippen LogP contribution >= 0.6 is 11.6 Å². The van der Waals surface area contributed by atoms with Crippen molar-refractivity contribution in [3.05, 3.63) is 16.9 Å². The number of halogens is 1. The second-order valence-electron chi connectivity index (χ2n) is 4.15. The number of nitrogens with zero attached hydrogens (tertiary/aromatic N) is 3. The predicted octanol–water partition coefficient (Wildman–Crippen LogP) is 0.867. The number of hydrogen-bond donors (Lipinski definition) is 1. The third-order valence-electron chi connectivity index (χ3n) is 2.84. The molecule has 0 aliphatic carbocycles. The second-order valence-corrected chi connectivity index (χ2v) is 4.56. The molecule has 0 unspecified atom stereocenters. The van der Waals surface area contributed by atoms with Crippen LogP contribution in [0.4, 0.5) is 0 Å². The SMILES string of the molecule is C[C@H]1CN(Cc2c(Cl)cnn2C)CCN1. The molecular formula is C10H17ClN4. The minimum absolute atomic E-state index is 0.561. The molecule has 0 aromatic carbocycles. The standard InChI is InChI=1S/C10H17ClN4/c1-8-6-15(4-3-12-8)7-10-9(11)5-13-14(10)2/h5,8,12H,3-4,6-7H2,1-2H3/t8-/m0/s1. The Hall–Kier alpha value is -0.580. The van der Waals surface area contributed by atoms with Crippen molar-refractivity contribution in [2.45, 2.75) is 19.5 Å². The zero-order chi connectivity index (χ0) is 10.8. The highest BCUT2D eigenvalue weighted by Crippen LogP contribution is 2.16. The third kappa shape index (κ3) is 2.51. The van der Waals surface area contributed by atoms with Crippen LogP contribution in [0.1, 0.15) is 12.6 Å². The average Bonchev–Trinajstić information content (AvgIpc) is 2.50. The van der Waals surface area contributed by atoms with E-state index in [4.69, 9.17) is 11.6 Å². The molecule has 1 aromatic rings. The molecule has 2 rings (SSSR count). The molecular weight excluding hydrogens is 212 g/mol. The molecule has 5 heteroatoms. The monoisotopic (exact) mass is 228 g/mol. The lowest BCUT2D eigenvalue weighted by molar-refractivity contribution is 0.195. The fourth-order valence-corrected chi connectivity index (χ4v) is 2.21. The summed E-state index contributed by atoms with van der Waals surface area (Å²) >= 11 is 6.08. The Morgan fingerprint density at radius 3 is 3.07 bits per heavy atom. The zero-order valence-electron chi connectivity index (χ0n) is 9.20. The van der Waals surface area contributed by atoms with E-state index in [9.17, 15) is 0 Å². The summed E-state index contributed by atoms with van der Waals surface area (Å²) in [5.74, 6) is 0. The van der Waals surface area contributed by atoms with Crippen LogP contribution < -0.4 is 5.32 Å². The number of nitrogens with one attached hydrogen (secondary N) is 1. The largest absolute Gasteiger partial charge is 0.312 e. The van der Waals surface area contributed by atoms with Gasteiger partial charge in [-0.1, -0.05) is 11.6 Å². The summed E-state index contributed by atoms with van der Waals surface area (Å²) in [7, 11) is 1.94. The third-order valence-corrected chi connectivity index (χ3v) is 3.15. The first-order valence-corrected chi connectivity index (χ1v) is 5.66. The number of aryl methyl sites for hydroxylation is 1. The lowest BCUT2D eigenvalue weighted by atomic mass is 10.2. The Morgan fingerprint density at radius 1 is 1.67 bits per heavy atom. The molecule has 1 aliphatic rings. The van der Waals surface area contributed by atoms with E-state index in [-0.39, 0.29) is 0 Å². The Labute approximate surface area is 95.2 Å². The average molecular weight is 229 g/mol. The van der Waals surface area contributed by atoms with Crippen molar-refractivity contribution in [3.8, 4) is 0 Å². The van der Waals surface area contributed by atoms with Gasteiger partial charge in [0.1, 0.15) is 0 Å². The Kier molecular flexibility index (Phi) is 3.29. The van der Waals surface area contributed by atoms with Crippen LogP contribution in [0.2, 0.25) is 5.02 Å². The topological polar surface area (TPSA) is 33.1 Å². The summed E-state index contributed by atoms with van der Waals surface area (Å²) in [6.07, 6.45) is 1.71. The molecule has 0 amide bonds. The summed E-state index contributed by atoms with van der Waals surface area (Å²) in [5, 5.41) is 8.33. The maximum absolute atomic E-state index is 6.08. The van der Waals surface area contributed by atoms with E-state index in [1.807, 2.05) is 11.7 Å². The molecule has 1 fully saturated rings. The lowest BCUT2D eigenvalue weighted by Crippen LogP contribution is -2.48. The second kappa shape index (κ2) is 4.51. The minimum Gasteiger partial charge on any atom is -0.312 e. The lowest BCUT2D eigenvalue weighted by Gasteiger charge is -2.31.